The van der Waals surface area contributed by atoms with Gasteiger partial charge in [0.05, 0.1) is 0 Å². The zero-order valence-corrected chi connectivity index (χ0v) is 13.6. The topological polar surface area (TPSA) is 38.1 Å². The molecule has 4 rings (SSSR count). The Bertz CT molecular complexity index is 703. The van der Waals surface area contributed by atoms with Crippen molar-refractivity contribution in [2.75, 3.05) is 13.1 Å². The lowest BCUT2D eigenvalue weighted by Crippen LogP contribution is -2.30. The van der Waals surface area contributed by atoms with Gasteiger partial charge < -0.3 is 9.47 Å². The Morgan fingerprint density at radius 3 is 2.74 bits per heavy atom. The van der Waals surface area contributed by atoms with Crippen molar-refractivity contribution in [3.05, 3.63) is 42.2 Å². The van der Waals surface area contributed by atoms with E-state index in [1.54, 1.807) is 0 Å². The molecule has 23 heavy (non-hydrogen) atoms. The number of nitrogens with zero attached hydrogens (tertiary/aromatic N) is 3. The van der Waals surface area contributed by atoms with Crippen molar-refractivity contribution in [2.45, 2.75) is 32.7 Å². The molecule has 2 heterocycles. The van der Waals surface area contributed by atoms with Crippen LogP contribution in [0.2, 0.25) is 0 Å². The van der Waals surface area contributed by atoms with E-state index in [0.29, 0.717) is 17.7 Å². The van der Waals surface area contributed by atoms with E-state index >= 15 is 0 Å². The highest BCUT2D eigenvalue weighted by atomic mass is 16.2. The minimum absolute atomic E-state index is 0.337. The van der Waals surface area contributed by atoms with Gasteiger partial charge in [0.1, 0.15) is 5.82 Å². The van der Waals surface area contributed by atoms with E-state index in [1.165, 1.54) is 5.69 Å². The molecule has 0 radical (unpaired) electrons. The average molecular weight is 309 g/mol. The monoisotopic (exact) mass is 309 g/mol. The summed E-state index contributed by atoms with van der Waals surface area (Å²) < 4.78 is 2.31. The first kappa shape index (κ1) is 14.5. The summed E-state index contributed by atoms with van der Waals surface area (Å²) in [6.07, 6.45) is 5.24. The van der Waals surface area contributed by atoms with E-state index < -0.39 is 0 Å². The van der Waals surface area contributed by atoms with Gasteiger partial charge in [0, 0.05) is 43.0 Å². The lowest BCUT2D eigenvalue weighted by atomic mass is 10.1. The number of aromatic nitrogens is 2. The summed E-state index contributed by atoms with van der Waals surface area (Å²) in [6, 6.07) is 10.3. The number of imidazole rings is 1. The van der Waals surface area contributed by atoms with Gasteiger partial charge in [-0.1, -0.05) is 30.3 Å². The smallest absolute Gasteiger partial charge is 0.225 e. The second kappa shape index (κ2) is 5.84. The molecule has 120 valence electrons. The summed E-state index contributed by atoms with van der Waals surface area (Å²) >= 11 is 0. The Kier molecular flexibility index (Phi) is 3.68. The Balaban J connectivity index is 1.49. The molecule has 2 aromatic rings. The molecule has 1 aliphatic carbocycles. The molecule has 1 saturated carbocycles. The summed E-state index contributed by atoms with van der Waals surface area (Å²) in [5.41, 5.74) is 2.35. The number of rotatable bonds is 4. The van der Waals surface area contributed by atoms with E-state index in [2.05, 4.69) is 45.6 Å². The van der Waals surface area contributed by atoms with E-state index in [9.17, 15) is 4.79 Å². The lowest BCUT2D eigenvalue weighted by Gasteiger charge is -2.18. The highest BCUT2D eigenvalue weighted by Gasteiger charge is 2.36. The maximum absolute atomic E-state index is 12.2. The van der Waals surface area contributed by atoms with Crippen LogP contribution in [0.15, 0.2) is 36.5 Å². The van der Waals surface area contributed by atoms with E-state index in [-0.39, 0.29) is 0 Å². The number of hydrogen-bond donors (Lipinski definition) is 0. The highest BCUT2D eigenvalue weighted by molar-refractivity contribution is 5.81. The van der Waals surface area contributed by atoms with Crippen molar-refractivity contribution in [1.82, 2.24) is 14.5 Å². The largest absolute Gasteiger partial charge is 0.342 e. The Morgan fingerprint density at radius 2 is 2.00 bits per heavy atom. The van der Waals surface area contributed by atoms with Crippen molar-refractivity contribution in [2.24, 2.45) is 11.8 Å². The van der Waals surface area contributed by atoms with Gasteiger partial charge in [-0.05, 0) is 32.1 Å². The van der Waals surface area contributed by atoms with Crippen LogP contribution in [0.3, 0.4) is 0 Å². The zero-order chi connectivity index (χ0) is 15.8. The molecule has 1 atom stereocenters. The summed E-state index contributed by atoms with van der Waals surface area (Å²) in [5.74, 6) is 2.30. The molecule has 0 bridgehead atoms. The zero-order valence-electron chi connectivity index (χ0n) is 13.6. The molecule has 1 aliphatic heterocycles. The molecule has 1 aromatic carbocycles. The van der Waals surface area contributed by atoms with Gasteiger partial charge in [0.15, 0.2) is 0 Å². The second-order valence-corrected chi connectivity index (χ2v) is 6.91. The average Bonchev–Trinajstić information content (AvgIpc) is 3.22. The quantitative estimate of drug-likeness (QED) is 0.870. The van der Waals surface area contributed by atoms with Gasteiger partial charge in [-0.3, -0.25) is 4.79 Å². The van der Waals surface area contributed by atoms with Gasteiger partial charge in [-0.15, -0.1) is 0 Å². The fraction of sp³-hybridized carbons (Fsp3) is 0.474. The van der Waals surface area contributed by atoms with Gasteiger partial charge in [0.25, 0.3) is 0 Å². The van der Waals surface area contributed by atoms with E-state index in [4.69, 9.17) is 0 Å². The molecule has 0 N–H and O–H groups in total. The van der Waals surface area contributed by atoms with Crippen LogP contribution in [0.5, 0.6) is 0 Å². The number of carbonyl (C=O) groups excluding carboxylic acids is 1. The summed E-state index contributed by atoms with van der Waals surface area (Å²) in [7, 11) is 0. The minimum Gasteiger partial charge on any atom is -0.342 e. The van der Waals surface area contributed by atoms with Crippen LogP contribution in [0, 0.1) is 18.8 Å². The predicted octanol–water partition coefficient (Wildman–Crippen LogP) is 3.12. The molecule has 4 heteroatoms. The molecule has 1 aromatic heterocycles. The Hall–Kier alpha value is -2.10. The van der Waals surface area contributed by atoms with Crippen LogP contribution in [0.4, 0.5) is 0 Å². The normalized spacial score (nSPS) is 20.9. The summed E-state index contributed by atoms with van der Waals surface area (Å²) in [6.45, 7) is 4.89. The maximum atomic E-state index is 12.2. The number of amides is 1. The molecule has 1 saturated heterocycles. The fourth-order valence-electron chi connectivity index (χ4n) is 3.54. The molecule has 0 spiro atoms. The van der Waals surface area contributed by atoms with Crippen molar-refractivity contribution in [3.63, 3.8) is 0 Å². The molecule has 1 amide bonds. The van der Waals surface area contributed by atoms with Gasteiger partial charge in [0.2, 0.25) is 5.91 Å². The van der Waals surface area contributed by atoms with Gasteiger partial charge in [-0.2, -0.15) is 0 Å². The Morgan fingerprint density at radius 1 is 1.22 bits per heavy atom. The maximum Gasteiger partial charge on any atom is 0.225 e. The molecular weight excluding hydrogens is 286 g/mol. The highest BCUT2D eigenvalue weighted by Crippen LogP contribution is 2.33. The third kappa shape index (κ3) is 2.90. The second-order valence-electron chi connectivity index (χ2n) is 6.91. The number of aryl methyl sites for hydroxylation is 1. The number of carbonyl (C=O) groups is 1. The number of hydrogen-bond acceptors (Lipinski definition) is 2. The lowest BCUT2D eigenvalue weighted by molar-refractivity contribution is -0.131. The van der Waals surface area contributed by atoms with Crippen molar-refractivity contribution < 1.29 is 4.79 Å². The summed E-state index contributed by atoms with van der Waals surface area (Å²) in [5, 5.41) is 0. The van der Waals surface area contributed by atoms with Gasteiger partial charge in [-0.25, -0.2) is 4.98 Å². The van der Waals surface area contributed by atoms with Crippen molar-refractivity contribution in [1.29, 1.82) is 0 Å². The van der Waals surface area contributed by atoms with Crippen molar-refractivity contribution in [3.8, 4) is 11.4 Å². The molecule has 2 fully saturated rings. The first-order valence-electron chi connectivity index (χ1n) is 8.58. The SMILES string of the molecule is Cc1cnc(-c2ccccc2)n1CC1CCN(C(=O)C2CC2)C1. The molecule has 4 nitrogen and oxygen atoms in total. The van der Waals surface area contributed by atoms with E-state index in [1.807, 2.05) is 12.3 Å². The van der Waals surface area contributed by atoms with Crippen LogP contribution in [0.1, 0.15) is 25.0 Å². The minimum atomic E-state index is 0.337. The molecule has 1 unspecified atom stereocenters. The first-order valence-corrected chi connectivity index (χ1v) is 8.58. The number of likely N-dealkylation sites (tertiary alicyclic amines) is 1. The van der Waals surface area contributed by atoms with Crippen LogP contribution < -0.4 is 0 Å². The standard InChI is InChI=1S/C19H23N3O/c1-14-11-20-18(16-5-3-2-4-6-16)22(14)13-15-9-10-21(12-15)19(23)17-7-8-17/h2-6,11,15,17H,7-10,12-13H2,1H3. The predicted molar refractivity (Wildman–Crippen MR) is 89.8 cm³/mol. The first-order chi connectivity index (χ1) is 11.2. The van der Waals surface area contributed by atoms with Gasteiger partial charge >= 0.3 is 0 Å². The summed E-state index contributed by atoms with van der Waals surface area (Å²) in [4.78, 5) is 18.9. The van der Waals surface area contributed by atoms with Crippen LogP contribution in [-0.2, 0) is 11.3 Å². The number of benzene rings is 1. The fourth-order valence-corrected chi connectivity index (χ4v) is 3.54. The van der Waals surface area contributed by atoms with Crippen molar-refractivity contribution >= 4 is 5.91 Å². The third-order valence-electron chi connectivity index (χ3n) is 5.05. The third-order valence-corrected chi connectivity index (χ3v) is 5.05. The van der Waals surface area contributed by atoms with Crippen LogP contribution >= 0.6 is 0 Å². The molecule has 2 aliphatic rings. The Labute approximate surface area is 137 Å². The van der Waals surface area contributed by atoms with E-state index in [0.717, 1.165) is 50.3 Å². The van der Waals surface area contributed by atoms with Crippen LogP contribution in [0.25, 0.3) is 11.4 Å². The molecular formula is C19H23N3O. The van der Waals surface area contributed by atoms with Crippen LogP contribution in [-0.4, -0.2) is 33.4 Å².